The summed E-state index contributed by atoms with van der Waals surface area (Å²) in [6.45, 7) is 9.48. The molecule has 0 aromatic heterocycles. The fourth-order valence-corrected chi connectivity index (χ4v) is 12.7. The van der Waals surface area contributed by atoms with Crippen molar-refractivity contribution in [1.29, 1.82) is 0 Å². The summed E-state index contributed by atoms with van der Waals surface area (Å²) >= 11 is 0. The number of phosphoric acid groups is 2. The summed E-state index contributed by atoms with van der Waals surface area (Å²) in [7, 11) is -9.90. The van der Waals surface area contributed by atoms with E-state index in [0.717, 1.165) is 102 Å². The van der Waals surface area contributed by atoms with Crippen LogP contribution < -0.4 is 0 Å². The number of ether oxygens (including phenoxy) is 4. The summed E-state index contributed by atoms with van der Waals surface area (Å²) in [6.07, 6.45) is 51.5. The number of aliphatic hydroxyl groups is 1. The fourth-order valence-electron chi connectivity index (χ4n) is 11.1. The third-order valence-electron chi connectivity index (χ3n) is 17.0. The first-order valence-corrected chi connectivity index (χ1v) is 41.0. The van der Waals surface area contributed by atoms with Crippen LogP contribution >= 0.6 is 15.6 Å². The maximum Gasteiger partial charge on any atom is 0.472 e. The Morgan fingerprint density at radius 3 is 0.739 bits per heavy atom. The molecule has 0 saturated heterocycles. The lowest BCUT2D eigenvalue weighted by molar-refractivity contribution is -0.161. The summed E-state index contributed by atoms with van der Waals surface area (Å²) in [5, 5.41) is 10.6. The second-order valence-electron chi connectivity index (χ2n) is 27.3. The number of rotatable bonds is 72. The van der Waals surface area contributed by atoms with Gasteiger partial charge in [0.1, 0.15) is 19.3 Å². The first-order chi connectivity index (χ1) is 44.4. The fraction of sp³-hybridized carbons (Fsp3) is 0.945. The molecule has 0 aliphatic heterocycles. The van der Waals surface area contributed by atoms with Gasteiger partial charge in [0.25, 0.3) is 0 Å². The van der Waals surface area contributed by atoms with Gasteiger partial charge < -0.3 is 33.8 Å². The molecule has 0 bridgehead atoms. The van der Waals surface area contributed by atoms with Crippen molar-refractivity contribution in [3.8, 4) is 0 Å². The van der Waals surface area contributed by atoms with Gasteiger partial charge in [-0.3, -0.25) is 37.3 Å². The van der Waals surface area contributed by atoms with E-state index < -0.39 is 97.5 Å². The number of hydrogen-bond donors (Lipinski definition) is 3. The third-order valence-corrected chi connectivity index (χ3v) is 18.9. The predicted octanol–water partition coefficient (Wildman–Crippen LogP) is 21.2. The van der Waals surface area contributed by atoms with E-state index in [9.17, 15) is 43.2 Å². The van der Waals surface area contributed by atoms with Gasteiger partial charge in [-0.15, -0.1) is 0 Å². The lowest BCUT2D eigenvalue weighted by Gasteiger charge is -2.21. The molecule has 0 spiro atoms. The van der Waals surface area contributed by atoms with Crippen LogP contribution in [0, 0.1) is 11.8 Å². The molecule has 2 unspecified atom stereocenters. The van der Waals surface area contributed by atoms with Crippen LogP contribution in [0.2, 0.25) is 0 Å². The first kappa shape index (κ1) is 90.1. The van der Waals surface area contributed by atoms with Crippen LogP contribution in [-0.2, 0) is 65.4 Å². The summed E-state index contributed by atoms with van der Waals surface area (Å²) < 4.78 is 68.3. The van der Waals surface area contributed by atoms with Crippen molar-refractivity contribution < 1.29 is 80.2 Å². The minimum absolute atomic E-state index is 0.105. The average Bonchev–Trinajstić information content (AvgIpc) is 1.75. The van der Waals surface area contributed by atoms with Crippen molar-refractivity contribution in [2.75, 3.05) is 39.6 Å². The first-order valence-electron chi connectivity index (χ1n) is 38.0. The van der Waals surface area contributed by atoms with E-state index in [1.165, 1.54) is 186 Å². The Bertz CT molecular complexity index is 1790. The third kappa shape index (κ3) is 66.7. The number of hydrogen-bond acceptors (Lipinski definition) is 15. The Morgan fingerprint density at radius 2 is 0.500 bits per heavy atom. The monoisotopic (exact) mass is 1350 g/mol. The minimum atomic E-state index is -4.95. The van der Waals surface area contributed by atoms with Gasteiger partial charge in [-0.05, 0) is 37.5 Å². The zero-order valence-electron chi connectivity index (χ0n) is 59.9. The van der Waals surface area contributed by atoms with Crippen LogP contribution in [0.3, 0.4) is 0 Å². The highest BCUT2D eigenvalue weighted by Gasteiger charge is 2.30. The van der Waals surface area contributed by atoms with Crippen LogP contribution in [0.15, 0.2) is 0 Å². The predicted molar refractivity (Wildman–Crippen MR) is 372 cm³/mol. The maximum absolute atomic E-state index is 13.1. The Morgan fingerprint density at radius 1 is 0.293 bits per heavy atom. The highest BCUT2D eigenvalue weighted by Crippen LogP contribution is 2.45. The van der Waals surface area contributed by atoms with E-state index in [-0.39, 0.29) is 25.7 Å². The molecule has 0 aliphatic carbocycles. The summed E-state index contributed by atoms with van der Waals surface area (Å²) in [4.78, 5) is 72.6. The molecule has 0 rings (SSSR count). The second kappa shape index (κ2) is 65.0. The van der Waals surface area contributed by atoms with Gasteiger partial charge in [0.15, 0.2) is 12.2 Å². The number of carbonyl (C=O) groups is 4. The molecular formula is C73H142O17P2. The van der Waals surface area contributed by atoms with Gasteiger partial charge in [-0.2, -0.15) is 0 Å². The van der Waals surface area contributed by atoms with E-state index in [1.54, 1.807) is 0 Å². The molecule has 92 heavy (non-hydrogen) atoms. The number of esters is 4. The highest BCUT2D eigenvalue weighted by atomic mass is 31.2. The van der Waals surface area contributed by atoms with Gasteiger partial charge in [0.2, 0.25) is 0 Å². The van der Waals surface area contributed by atoms with Crippen molar-refractivity contribution in [3.63, 3.8) is 0 Å². The molecule has 0 fully saturated rings. The Kier molecular flexibility index (Phi) is 63.7. The van der Waals surface area contributed by atoms with Crippen LogP contribution in [-0.4, -0.2) is 96.7 Å². The molecule has 0 aromatic rings. The molecule has 3 N–H and O–H groups in total. The molecule has 0 saturated carbocycles. The van der Waals surface area contributed by atoms with Crippen LogP contribution in [0.4, 0.5) is 0 Å². The average molecular weight is 1350 g/mol. The quantitative estimate of drug-likeness (QED) is 0.0222. The normalized spacial score (nSPS) is 14.1. The number of unbranched alkanes of at least 4 members (excludes halogenated alkanes) is 42. The molecule has 0 aromatic carbocycles. The van der Waals surface area contributed by atoms with Gasteiger partial charge in [-0.25, -0.2) is 9.13 Å². The zero-order chi connectivity index (χ0) is 67.9. The Labute approximate surface area is 562 Å². The number of aliphatic hydroxyl groups excluding tert-OH is 1. The minimum Gasteiger partial charge on any atom is -0.462 e. The molecular weight excluding hydrogens is 1210 g/mol. The molecule has 19 heteroatoms. The largest absolute Gasteiger partial charge is 0.472 e. The Hall–Kier alpha value is -1.94. The van der Waals surface area contributed by atoms with E-state index in [4.69, 9.17) is 37.0 Å². The van der Waals surface area contributed by atoms with E-state index in [0.29, 0.717) is 31.6 Å². The molecule has 0 radical (unpaired) electrons. The van der Waals surface area contributed by atoms with Crippen molar-refractivity contribution in [2.45, 2.75) is 394 Å². The van der Waals surface area contributed by atoms with E-state index in [2.05, 4.69) is 41.5 Å². The zero-order valence-corrected chi connectivity index (χ0v) is 61.6. The molecule has 546 valence electrons. The van der Waals surface area contributed by atoms with Gasteiger partial charge in [-0.1, -0.05) is 324 Å². The maximum atomic E-state index is 13.1. The van der Waals surface area contributed by atoms with Crippen molar-refractivity contribution in [3.05, 3.63) is 0 Å². The van der Waals surface area contributed by atoms with Gasteiger partial charge in [0.05, 0.1) is 26.4 Å². The van der Waals surface area contributed by atoms with Crippen LogP contribution in [0.25, 0.3) is 0 Å². The highest BCUT2D eigenvalue weighted by molar-refractivity contribution is 7.47. The smallest absolute Gasteiger partial charge is 0.462 e. The van der Waals surface area contributed by atoms with Crippen LogP contribution in [0.5, 0.6) is 0 Å². The van der Waals surface area contributed by atoms with Crippen molar-refractivity contribution in [2.24, 2.45) is 11.8 Å². The lowest BCUT2D eigenvalue weighted by atomic mass is 10.0. The molecule has 5 atom stereocenters. The molecule has 0 amide bonds. The molecule has 0 aliphatic rings. The van der Waals surface area contributed by atoms with Crippen molar-refractivity contribution in [1.82, 2.24) is 0 Å². The Balaban J connectivity index is 5.20. The van der Waals surface area contributed by atoms with E-state index in [1.807, 2.05) is 0 Å². The second-order valence-corrected chi connectivity index (χ2v) is 30.2. The topological polar surface area (TPSA) is 237 Å². The van der Waals surface area contributed by atoms with E-state index >= 15 is 0 Å². The standard InChI is InChI=1S/C73H142O17P2/c1-7-9-11-13-15-17-19-20-21-22-23-24-25-26-29-34-38-46-52-58-73(78)89-68(61-83-70(75)55-49-43-36-33-30-27-28-31-35-41-47-53-65(3)4)63-87-91(79,80)85-59-67(74)60-86-92(81,82)88-64-69(62-84-71(76)56-50-44-40-39-42-48-54-66(5)6)90-72(77)57-51-45-37-32-18-16-14-12-10-8-2/h65-69,74H,7-64H2,1-6H3,(H,79,80)(H,81,82)/t67-,68-,69-/m1/s1. The molecule has 17 nitrogen and oxygen atoms in total. The number of phosphoric ester groups is 2. The summed E-state index contributed by atoms with van der Waals surface area (Å²) in [5.41, 5.74) is 0. The van der Waals surface area contributed by atoms with Gasteiger partial charge in [0, 0.05) is 25.7 Å². The van der Waals surface area contributed by atoms with Gasteiger partial charge >= 0.3 is 39.5 Å². The summed E-state index contributed by atoms with van der Waals surface area (Å²) in [5.74, 6) is -0.671. The SMILES string of the molecule is CCCCCCCCCCCCCCCCCCCCCC(=O)O[C@H](COC(=O)CCCCCCCCCCCCCC(C)C)COP(=O)(O)OC[C@@H](O)COP(=O)(O)OC[C@@H](COC(=O)CCCCCCCCC(C)C)OC(=O)CCCCCCCCCCCC. The lowest BCUT2D eigenvalue weighted by Crippen LogP contribution is -2.30. The summed E-state index contributed by atoms with van der Waals surface area (Å²) in [6, 6.07) is 0. The van der Waals surface area contributed by atoms with Crippen LogP contribution in [0.1, 0.15) is 375 Å². The number of carbonyl (C=O) groups excluding carboxylic acids is 4. The molecule has 0 heterocycles. The van der Waals surface area contributed by atoms with Crippen molar-refractivity contribution >= 4 is 39.5 Å².